The van der Waals surface area contributed by atoms with Gasteiger partial charge < -0.3 is 0 Å². The summed E-state index contributed by atoms with van der Waals surface area (Å²) in [7, 11) is -2.46. The molecule has 1 heterocycles. The third kappa shape index (κ3) is 4.91. The number of halogens is 2. The van der Waals surface area contributed by atoms with Crippen molar-refractivity contribution in [3.63, 3.8) is 0 Å². The fraction of sp³-hybridized carbons (Fsp3) is 0.167. The molecule has 0 amide bonds. The topological polar surface area (TPSA) is 62.3 Å². The number of rotatable bonds is 7. The molecule has 0 atom stereocenters. The van der Waals surface area contributed by atoms with Gasteiger partial charge in [0.1, 0.15) is 10.8 Å². The summed E-state index contributed by atoms with van der Waals surface area (Å²) >= 11 is 7.41. The summed E-state index contributed by atoms with van der Waals surface area (Å²) in [6, 6.07) is 13.9. The molecule has 0 unspecified atom stereocenters. The standard InChI is InChI=1S/C18H17ClFN3O2S2/c1-23(11-15-16(19)8-5-9-17(15)20)27(24,25)21-10-14-12-26-18(22-14)13-6-3-2-4-7-13/h2-9,12,21H,10-11H2,1H3. The number of nitrogens with zero attached hydrogens (tertiary/aromatic N) is 2. The smallest absolute Gasteiger partial charge is 0.240 e. The molecule has 0 bridgehead atoms. The lowest BCUT2D eigenvalue weighted by Crippen LogP contribution is -2.37. The number of nitrogens with one attached hydrogen (secondary N) is 1. The highest BCUT2D eigenvalue weighted by Gasteiger charge is 2.20. The van der Waals surface area contributed by atoms with Crippen molar-refractivity contribution >= 4 is 33.1 Å². The fourth-order valence-electron chi connectivity index (χ4n) is 2.37. The van der Waals surface area contributed by atoms with Crippen LogP contribution in [0.15, 0.2) is 53.9 Å². The SMILES string of the molecule is CN(Cc1c(F)cccc1Cl)S(=O)(=O)NCc1csc(-c2ccccc2)n1. The van der Waals surface area contributed by atoms with E-state index in [2.05, 4.69) is 9.71 Å². The quantitative estimate of drug-likeness (QED) is 0.620. The molecule has 3 aromatic rings. The molecule has 0 aliphatic carbocycles. The van der Waals surface area contributed by atoms with Gasteiger partial charge in [0.2, 0.25) is 0 Å². The lowest BCUT2D eigenvalue weighted by Gasteiger charge is -2.18. The highest BCUT2D eigenvalue weighted by atomic mass is 35.5. The molecule has 3 rings (SSSR count). The highest BCUT2D eigenvalue weighted by molar-refractivity contribution is 7.87. The number of aromatic nitrogens is 1. The van der Waals surface area contributed by atoms with Crippen LogP contribution in [0.3, 0.4) is 0 Å². The molecule has 0 aliphatic rings. The molecular weight excluding hydrogens is 409 g/mol. The zero-order chi connectivity index (χ0) is 19.4. The van der Waals surface area contributed by atoms with Gasteiger partial charge in [-0.05, 0) is 12.1 Å². The maximum absolute atomic E-state index is 13.9. The van der Waals surface area contributed by atoms with Crippen LogP contribution < -0.4 is 4.72 Å². The largest absolute Gasteiger partial charge is 0.279 e. The third-order valence-corrected chi connectivity index (χ3v) is 6.61. The maximum atomic E-state index is 13.9. The first-order valence-electron chi connectivity index (χ1n) is 8.00. The Hall–Kier alpha value is -1.84. The molecular formula is C18H17ClFN3O2S2. The van der Waals surface area contributed by atoms with E-state index in [-0.39, 0.29) is 23.7 Å². The first-order chi connectivity index (χ1) is 12.9. The highest BCUT2D eigenvalue weighted by Crippen LogP contribution is 2.24. The van der Waals surface area contributed by atoms with Crippen LogP contribution in [0.5, 0.6) is 0 Å². The molecule has 0 fully saturated rings. The van der Waals surface area contributed by atoms with Crippen molar-refractivity contribution in [3.05, 3.63) is 76.0 Å². The first kappa shape index (κ1) is 19.9. The Morgan fingerprint density at radius 2 is 1.93 bits per heavy atom. The molecule has 1 aromatic heterocycles. The third-order valence-electron chi connectivity index (χ3n) is 3.86. The van der Waals surface area contributed by atoms with Crippen molar-refractivity contribution in [2.75, 3.05) is 7.05 Å². The average molecular weight is 426 g/mol. The van der Waals surface area contributed by atoms with Crippen LogP contribution in [-0.4, -0.2) is 24.8 Å². The summed E-state index contributed by atoms with van der Waals surface area (Å²) in [6.45, 7) is -0.131. The van der Waals surface area contributed by atoms with Crippen LogP contribution in [0.4, 0.5) is 4.39 Å². The number of hydrogen-bond donors (Lipinski definition) is 1. The van der Waals surface area contributed by atoms with E-state index in [4.69, 9.17) is 11.6 Å². The minimum atomic E-state index is -3.82. The molecule has 27 heavy (non-hydrogen) atoms. The molecule has 0 saturated carbocycles. The molecule has 0 radical (unpaired) electrons. The van der Waals surface area contributed by atoms with Crippen LogP contribution in [-0.2, 0) is 23.3 Å². The summed E-state index contributed by atoms with van der Waals surface area (Å²) in [5, 5.41) is 2.80. The van der Waals surface area contributed by atoms with Crippen LogP contribution in [0.2, 0.25) is 5.02 Å². The zero-order valence-corrected chi connectivity index (χ0v) is 16.8. The van der Waals surface area contributed by atoms with Crippen LogP contribution in [0.1, 0.15) is 11.3 Å². The molecule has 1 N–H and O–H groups in total. The van der Waals surface area contributed by atoms with E-state index in [1.807, 2.05) is 30.3 Å². The summed E-state index contributed by atoms with van der Waals surface area (Å²) < 4.78 is 42.2. The summed E-state index contributed by atoms with van der Waals surface area (Å²) in [4.78, 5) is 4.45. The van der Waals surface area contributed by atoms with Gasteiger partial charge in [-0.15, -0.1) is 11.3 Å². The minimum absolute atomic E-state index is 0.0427. The van der Waals surface area contributed by atoms with Gasteiger partial charge in [0, 0.05) is 35.1 Å². The van der Waals surface area contributed by atoms with Gasteiger partial charge >= 0.3 is 0 Å². The summed E-state index contributed by atoms with van der Waals surface area (Å²) in [6.07, 6.45) is 0. The predicted octanol–water partition coefficient (Wildman–Crippen LogP) is 4.07. The normalized spacial score (nSPS) is 11.9. The zero-order valence-electron chi connectivity index (χ0n) is 14.4. The Kier molecular flexibility index (Phi) is 6.23. The van der Waals surface area contributed by atoms with Crippen LogP contribution in [0, 0.1) is 5.82 Å². The van der Waals surface area contributed by atoms with Crippen molar-refractivity contribution in [1.82, 2.24) is 14.0 Å². The summed E-state index contributed by atoms with van der Waals surface area (Å²) in [5.41, 5.74) is 1.72. The second-order valence-electron chi connectivity index (χ2n) is 5.79. The Balaban J connectivity index is 1.65. The van der Waals surface area contributed by atoms with Gasteiger partial charge in [0.25, 0.3) is 10.2 Å². The van der Waals surface area contributed by atoms with Crippen LogP contribution >= 0.6 is 22.9 Å². The van der Waals surface area contributed by atoms with E-state index in [0.717, 1.165) is 14.9 Å². The molecule has 0 spiro atoms. The van der Waals surface area contributed by atoms with E-state index in [9.17, 15) is 12.8 Å². The lowest BCUT2D eigenvalue weighted by atomic mass is 10.2. The van der Waals surface area contributed by atoms with Crippen molar-refractivity contribution in [3.8, 4) is 10.6 Å². The Labute approximate surface area is 166 Å². The molecule has 5 nitrogen and oxygen atoms in total. The van der Waals surface area contributed by atoms with Gasteiger partial charge in [0.15, 0.2) is 0 Å². The average Bonchev–Trinajstić information content (AvgIpc) is 3.13. The Morgan fingerprint density at radius 1 is 1.19 bits per heavy atom. The van der Waals surface area contributed by atoms with E-state index < -0.39 is 16.0 Å². The van der Waals surface area contributed by atoms with Gasteiger partial charge in [-0.25, -0.2) is 9.37 Å². The predicted molar refractivity (Wildman–Crippen MR) is 106 cm³/mol. The maximum Gasteiger partial charge on any atom is 0.279 e. The van der Waals surface area contributed by atoms with E-state index in [1.165, 1.54) is 36.6 Å². The van der Waals surface area contributed by atoms with Crippen LogP contribution in [0.25, 0.3) is 10.6 Å². The second-order valence-corrected chi connectivity index (χ2v) is 8.92. The molecule has 0 saturated heterocycles. The fourth-order valence-corrected chi connectivity index (χ4v) is 4.27. The van der Waals surface area contributed by atoms with Gasteiger partial charge in [-0.2, -0.15) is 17.4 Å². The van der Waals surface area contributed by atoms with Crippen molar-refractivity contribution in [1.29, 1.82) is 0 Å². The van der Waals surface area contributed by atoms with E-state index >= 15 is 0 Å². The Morgan fingerprint density at radius 3 is 2.63 bits per heavy atom. The monoisotopic (exact) mass is 425 g/mol. The molecule has 2 aromatic carbocycles. The molecule has 142 valence electrons. The van der Waals surface area contributed by atoms with E-state index in [0.29, 0.717) is 5.69 Å². The second kappa shape index (κ2) is 8.45. The van der Waals surface area contributed by atoms with Gasteiger partial charge in [0.05, 0.1) is 12.2 Å². The van der Waals surface area contributed by atoms with Crippen molar-refractivity contribution < 1.29 is 12.8 Å². The number of hydrogen-bond acceptors (Lipinski definition) is 4. The summed E-state index contributed by atoms with van der Waals surface area (Å²) in [5.74, 6) is -0.545. The van der Waals surface area contributed by atoms with E-state index in [1.54, 1.807) is 5.38 Å². The number of benzene rings is 2. The molecule has 0 aliphatic heterocycles. The van der Waals surface area contributed by atoms with Gasteiger partial charge in [-0.3, -0.25) is 0 Å². The molecule has 9 heteroatoms. The minimum Gasteiger partial charge on any atom is -0.240 e. The lowest BCUT2D eigenvalue weighted by molar-refractivity contribution is 0.445. The Bertz CT molecular complexity index is 1010. The van der Waals surface area contributed by atoms with Crippen molar-refractivity contribution in [2.45, 2.75) is 13.1 Å². The van der Waals surface area contributed by atoms with Crippen molar-refractivity contribution in [2.24, 2.45) is 0 Å². The van der Waals surface area contributed by atoms with Gasteiger partial charge in [-0.1, -0.05) is 48.0 Å². The number of thiazole rings is 1. The first-order valence-corrected chi connectivity index (χ1v) is 10.7.